The summed E-state index contributed by atoms with van der Waals surface area (Å²) in [5.74, 6) is -0.374. The Morgan fingerprint density at radius 3 is 2.67 bits per heavy atom. The average Bonchev–Trinajstić information content (AvgIpc) is 2.91. The average molecular weight is 282 g/mol. The summed E-state index contributed by atoms with van der Waals surface area (Å²) in [6.45, 7) is 1.69. The summed E-state index contributed by atoms with van der Waals surface area (Å²) in [6.07, 6.45) is 1.84. The van der Waals surface area contributed by atoms with Crippen LogP contribution >= 0.6 is 0 Å². The monoisotopic (exact) mass is 282 g/mol. The Hall–Kier alpha value is -2.76. The molecule has 0 saturated heterocycles. The molecule has 0 amide bonds. The lowest BCUT2D eigenvalue weighted by Crippen LogP contribution is -2.35. The van der Waals surface area contributed by atoms with Crippen molar-refractivity contribution < 1.29 is 9.90 Å². The predicted molar refractivity (Wildman–Crippen MR) is 75.9 cm³/mol. The number of carbonyl (C=O) groups is 1. The molecule has 0 radical (unpaired) electrons. The van der Waals surface area contributed by atoms with Crippen molar-refractivity contribution in [2.24, 2.45) is 0 Å². The molecule has 21 heavy (non-hydrogen) atoms. The summed E-state index contributed by atoms with van der Waals surface area (Å²) in [6, 6.07) is 12.7. The molecule has 0 bridgehead atoms. The first kappa shape index (κ1) is 13.2. The summed E-state index contributed by atoms with van der Waals surface area (Å²) in [5.41, 5.74) is 0.250. The van der Waals surface area contributed by atoms with E-state index in [1.54, 1.807) is 29.8 Å². The molecule has 3 rings (SSSR count). The number of hydrogen-bond donors (Lipinski definition) is 1. The second kappa shape index (κ2) is 4.97. The SMILES string of the molecule is CC(Cc1nnc2cccnn12)(C(=O)O)c1ccccc1. The van der Waals surface area contributed by atoms with Gasteiger partial charge in [0.05, 0.1) is 5.41 Å². The summed E-state index contributed by atoms with van der Waals surface area (Å²) >= 11 is 0. The molecule has 6 nitrogen and oxygen atoms in total. The second-order valence-electron chi connectivity index (χ2n) is 5.09. The van der Waals surface area contributed by atoms with Crippen LogP contribution in [0.15, 0.2) is 48.7 Å². The lowest BCUT2D eigenvalue weighted by atomic mass is 9.79. The predicted octanol–water partition coefficient (Wildman–Crippen LogP) is 1.71. The Bertz CT molecular complexity index is 784. The normalized spacial score (nSPS) is 14.0. The molecule has 2 aromatic heterocycles. The molecule has 0 aliphatic carbocycles. The van der Waals surface area contributed by atoms with Crippen molar-refractivity contribution in [3.8, 4) is 0 Å². The van der Waals surface area contributed by atoms with E-state index in [1.807, 2.05) is 30.3 Å². The van der Waals surface area contributed by atoms with Crippen LogP contribution in [0.4, 0.5) is 0 Å². The van der Waals surface area contributed by atoms with Gasteiger partial charge in [-0.25, -0.2) is 0 Å². The van der Waals surface area contributed by atoms with Crippen LogP contribution in [0.1, 0.15) is 18.3 Å². The number of fused-ring (bicyclic) bond motifs is 1. The Morgan fingerprint density at radius 1 is 1.19 bits per heavy atom. The lowest BCUT2D eigenvalue weighted by Gasteiger charge is -2.24. The minimum Gasteiger partial charge on any atom is -0.481 e. The highest BCUT2D eigenvalue weighted by Gasteiger charge is 2.37. The first-order chi connectivity index (χ1) is 10.1. The minimum absolute atomic E-state index is 0.213. The second-order valence-corrected chi connectivity index (χ2v) is 5.09. The molecule has 2 heterocycles. The topological polar surface area (TPSA) is 80.4 Å². The van der Waals surface area contributed by atoms with E-state index in [-0.39, 0.29) is 6.42 Å². The maximum Gasteiger partial charge on any atom is 0.314 e. The Balaban J connectivity index is 2.06. The molecule has 1 N–H and O–H groups in total. The zero-order valence-corrected chi connectivity index (χ0v) is 11.5. The van der Waals surface area contributed by atoms with Crippen molar-refractivity contribution >= 4 is 11.6 Å². The van der Waals surface area contributed by atoms with Gasteiger partial charge in [-0.3, -0.25) is 4.79 Å². The van der Waals surface area contributed by atoms with E-state index >= 15 is 0 Å². The van der Waals surface area contributed by atoms with E-state index in [1.165, 1.54) is 0 Å². The lowest BCUT2D eigenvalue weighted by molar-refractivity contribution is -0.143. The van der Waals surface area contributed by atoms with Gasteiger partial charge in [-0.05, 0) is 24.6 Å². The fraction of sp³-hybridized carbons (Fsp3) is 0.200. The van der Waals surface area contributed by atoms with Gasteiger partial charge in [0.1, 0.15) is 0 Å². The third-order valence-corrected chi connectivity index (χ3v) is 3.64. The number of aliphatic carboxylic acids is 1. The number of rotatable bonds is 4. The fourth-order valence-electron chi connectivity index (χ4n) is 2.32. The molecule has 0 aliphatic rings. The molecule has 1 aromatic carbocycles. The molecular weight excluding hydrogens is 268 g/mol. The molecular formula is C15H14N4O2. The summed E-state index contributed by atoms with van der Waals surface area (Å²) < 4.78 is 1.57. The van der Waals surface area contributed by atoms with E-state index < -0.39 is 11.4 Å². The molecule has 106 valence electrons. The third-order valence-electron chi connectivity index (χ3n) is 3.64. The van der Waals surface area contributed by atoms with Crippen LogP contribution < -0.4 is 0 Å². The number of nitrogens with zero attached hydrogens (tertiary/aromatic N) is 4. The zero-order chi connectivity index (χ0) is 14.9. The number of carboxylic acid groups (broad SMARTS) is 1. The fourth-order valence-corrected chi connectivity index (χ4v) is 2.32. The highest BCUT2D eigenvalue weighted by Crippen LogP contribution is 2.28. The number of aromatic nitrogens is 4. The van der Waals surface area contributed by atoms with Crippen LogP contribution in [0.2, 0.25) is 0 Å². The standard InChI is InChI=1S/C15H14N4O2/c1-15(14(20)21,11-6-3-2-4-7-11)10-13-18-17-12-8-5-9-16-19(12)13/h2-9H,10H2,1H3,(H,20,21). The van der Waals surface area contributed by atoms with Crippen molar-refractivity contribution in [2.45, 2.75) is 18.8 Å². The van der Waals surface area contributed by atoms with E-state index in [2.05, 4.69) is 15.3 Å². The zero-order valence-electron chi connectivity index (χ0n) is 11.5. The quantitative estimate of drug-likeness (QED) is 0.788. The van der Waals surface area contributed by atoms with Gasteiger partial charge >= 0.3 is 5.97 Å². The highest BCUT2D eigenvalue weighted by molar-refractivity contribution is 5.81. The Kier molecular flexibility index (Phi) is 3.13. The summed E-state index contributed by atoms with van der Waals surface area (Å²) in [7, 11) is 0. The van der Waals surface area contributed by atoms with Crippen LogP contribution in [0.25, 0.3) is 5.65 Å². The first-order valence-electron chi connectivity index (χ1n) is 6.55. The van der Waals surface area contributed by atoms with E-state index in [0.29, 0.717) is 11.5 Å². The maximum atomic E-state index is 11.8. The Labute approximate surface area is 121 Å². The van der Waals surface area contributed by atoms with Crippen LogP contribution in [-0.2, 0) is 16.6 Å². The first-order valence-corrected chi connectivity index (χ1v) is 6.55. The van der Waals surface area contributed by atoms with Gasteiger partial charge in [-0.2, -0.15) is 9.61 Å². The van der Waals surface area contributed by atoms with Crippen molar-refractivity contribution in [1.82, 2.24) is 19.8 Å². The van der Waals surface area contributed by atoms with Crippen molar-refractivity contribution in [3.05, 3.63) is 60.0 Å². The van der Waals surface area contributed by atoms with Crippen LogP contribution in [-0.4, -0.2) is 30.9 Å². The molecule has 0 aliphatic heterocycles. The van der Waals surface area contributed by atoms with Crippen molar-refractivity contribution in [3.63, 3.8) is 0 Å². The largest absolute Gasteiger partial charge is 0.481 e. The molecule has 1 unspecified atom stereocenters. The summed E-state index contributed by atoms with van der Waals surface area (Å²) in [5, 5.41) is 21.9. The smallest absolute Gasteiger partial charge is 0.314 e. The van der Waals surface area contributed by atoms with Crippen LogP contribution in [0.3, 0.4) is 0 Å². The number of benzene rings is 1. The van der Waals surface area contributed by atoms with E-state index in [9.17, 15) is 9.90 Å². The maximum absolute atomic E-state index is 11.8. The molecule has 0 spiro atoms. The van der Waals surface area contributed by atoms with Gasteiger partial charge < -0.3 is 5.11 Å². The summed E-state index contributed by atoms with van der Waals surface area (Å²) in [4.78, 5) is 11.8. The highest BCUT2D eigenvalue weighted by atomic mass is 16.4. The molecule has 0 fully saturated rings. The van der Waals surface area contributed by atoms with Gasteiger partial charge in [0, 0.05) is 12.6 Å². The molecule has 6 heteroatoms. The number of hydrogen-bond acceptors (Lipinski definition) is 4. The van der Waals surface area contributed by atoms with Gasteiger partial charge in [0.2, 0.25) is 0 Å². The van der Waals surface area contributed by atoms with Gasteiger partial charge in [0.15, 0.2) is 11.5 Å². The van der Waals surface area contributed by atoms with E-state index in [4.69, 9.17) is 0 Å². The van der Waals surface area contributed by atoms with Crippen molar-refractivity contribution in [1.29, 1.82) is 0 Å². The van der Waals surface area contributed by atoms with Crippen LogP contribution in [0.5, 0.6) is 0 Å². The minimum atomic E-state index is -1.08. The van der Waals surface area contributed by atoms with Crippen LogP contribution in [0, 0.1) is 0 Å². The van der Waals surface area contributed by atoms with Gasteiger partial charge in [-0.15, -0.1) is 10.2 Å². The van der Waals surface area contributed by atoms with Crippen molar-refractivity contribution in [2.75, 3.05) is 0 Å². The third kappa shape index (κ3) is 2.24. The molecule has 1 atom stereocenters. The number of carboxylic acids is 1. The van der Waals surface area contributed by atoms with Gasteiger partial charge in [0.25, 0.3) is 0 Å². The molecule has 3 aromatic rings. The molecule has 0 saturated carbocycles. The van der Waals surface area contributed by atoms with Gasteiger partial charge in [-0.1, -0.05) is 30.3 Å². The Morgan fingerprint density at radius 2 is 1.95 bits per heavy atom. The van der Waals surface area contributed by atoms with E-state index in [0.717, 1.165) is 5.56 Å².